The molecule has 0 atom stereocenters. The van der Waals surface area contributed by atoms with Crippen LogP contribution in [0.4, 0.5) is 5.82 Å². The van der Waals surface area contributed by atoms with Crippen molar-refractivity contribution in [3.63, 3.8) is 0 Å². The van der Waals surface area contributed by atoms with Crippen molar-refractivity contribution in [2.45, 2.75) is 13.8 Å². The molecule has 1 amide bonds. The SMILES string of the molecule is Cc1ccc2[nH]c(C(=O)Nc3cc(-c4cccnc4)[nH]n3)cc2c1C. The first-order chi connectivity index (χ1) is 12.1. The number of aromatic amines is 2. The first kappa shape index (κ1) is 15.1. The number of fused-ring (bicyclic) bond motifs is 1. The monoisotopic (exact) mass is 331 g/mol. The van der Waals surface area contributed by atoms with E-state index in [0.29, 0.717) is 11.5 Å². The molecule has 25 heavy (non-hydrogen) atoms. The van der Waals surface area contributed by atoms with Crippen molar-refractivity contribution < 1.29 is 4.79 Å². The lowest BCUT2D eigenvalue weighted by Crippen LogP contribution is -2.12. The zero-order valence-electron chi connectivity index (χ0n) is 13.9. The Morgan fingerprint density at radius 1 is 1.16 bits per heavy atom. The maximum atomic E-state index is 12.5. The summed E-state index contributed by atoms with van der Waals surface area (Å²) in [6, 6.07) is 11.5. The van der Waals surface area contributed by atoms with E-state index in [4.69, 9.17) is 0 Å². The van der Waals surface area contributed by atoms with Crippen molar-refractivity contribution in [1.29, 1.82) is 0 Å². The third-order valence-electron chi connectivity index (χ3n) is 4.38. The third-order valence-corrected chi connectivity index (χ3v) is 4.38. The minimum Gasteiger partial charge on any atom is -0.351 e. The van der Waals surface area contributed by atoms with Gasteiger partial charge in [0.05, 0.1) is 5.69 Å². The van der Waals surface area contributed by atoms with E-state index in [-0.39, 0.29) is 5.91 Å². The predicted molar refractivity (Wildman–Crippen MR) is 97.5 cm³/mol. The molecule has 0 fully saturated rings. The van der Waals surface area contributed by atoms with Gasteiger partial charge in [-0.15, -0.1) is 0 Å². The van der Waals surface area contributed by atoms with Gasteiger partial charge in [-0.25, -0.2) is 0 Å². The van der Waals surface area contributed by atoms with Crippen molar-refractivity contribution in [3.8, 4) is 11.3 Å². The molecule has 0 saturated heterocycles. The lowest BCUT2D eigenvalue weighted by molar-refractivity contribution is 0.102. The van der Waals surface area contributed by atoms with E-state index < -0.39 is 0 Å². The van der Waals surface area contributed by atoms with Crippen LogP contribution in [0.25, 0.3) is 22.2 Å². The van der Waals surface area contributed by atoms with Gasteiger partial charge in [0.25, 0.3) is 5.91 Å². The number of aryl methyl sites for hydroxylation is 2. The van der Waals surface area contributed by atoms with Crippen LogP contribution in [0.15, 0.2) is 48.8 Å². The fraction of sp³-hybridized carbons (Fsp3) is 0.105. The largest absolute Gasteiger partial charge is 0.351 e. The van der Waals surface area contributed by atoms with Gasteiger partial charge in [-0.05, 0) is 49.2 Å². The van der Waals surface area contributed by atoms with Gasteiger partial charge in [-0.2, -0.15) is 5.10 Å². The molecule has 0 aliphatic rings. The van der Waals surface area contributed by atoms with Crippen LogP contribution in [-0.2, 0) is 0 Å². The molecule has 0 spiro atoms. The number of hydrogen-bond donors (Lipinski definition) is 3. The maximum absolute atomic E-state index is 12.5. The number of H-pyrrole nitrogens is 2. The number of nitrogens with zero attached hydrogens (tertiary/aromatic N) is 2. The zero-order chi connectivity index (χ0) is 17.4. The number of amides is 1. The summed E-state index contributed by atoms with van der Waals surface area (Å²) >= 11 is 0. The molecule has 6 heteroatoms. The smallest absolute Gasteiger partial charge is 0.273 e. The Morgan fingerprint density at radius 3 is 2.84 bits per heavy atom. The van der Waals surface area contributed by atoms with Gasteiger partial charge < -0.3 is 10.3 Å². The van der Waals surface area contributed by atoms with Gasteiger partial charge in [0, 0.05) is 34.9 Å². The highest BCUT2D eigenvalue weighted by molar-refractivity contribution is 6.06. The second kappa shape index (κ2) is 5.90. The highest BCUT2D eigenvalue weighted by Gasteiger charge is 2.13. The fourth-order valence-electron chi connectivity index (χ4n) is 2.82. The van der Waals surface area contributed by atoms with Crippen molar-refractivity contribution >= 4 is 22.6 Å². The van der Waals surface area contributed by atoms with E-state index in [1.54, 1.807) is 18.5 Å². The number of carbonyl (C=O) groups excluding carboxylic acids is 1. The molecular formula is C19H17N5O. The topological polar surface area (TPSA) is 86.5 Å². The van der Waals surface area contributed by atoms with E-state index in [1.807, 2.05) is 30.3 Å². The Kier molecular flexibility index (Phi) is 3.57. The summed E-state index contributed by atoms with van der Waals surface area (Å²) in [6.07, 6.45) is 3.45. The maximum Gasteiger partial charge on any atom is 0.273 e. The van der Waals surface area contributed by atoms with Gasteiger partial charge >= 0.3 is 0 Å². The number of anilines is 1. The highest BCUT2D eigenvalue weighted by Crippen LogP contribution is 2.23. The standard InChI is InChI=1S/C19H17N5O/c1-11-5-6-15-14(12(11)2)8-17(21-15)19(25)22-18-9-16(23-24-18)13-4-3-7-20-10-13/h3-10,21H,1-2H3,(H2,22,23,24,25). The molecule has 0 unspecified atom stereocenters. The van der Waals surface area contributed by atoms with Crippen LogP contribution in [-0.4, -0.2) is 26.1 Å². The number of hydrogen-bond acceptors (Lipinski definition) is 3. The average Bonchev–Trinajstić information content (AvgIpc) is 3.26. The summed E-state index contributed by atoms with van der Waals surface area (Å²) in [5.41, 5.74) is 5.54. The van der Waals surface area contributed by atoms with Gasteiger partial charge in [-0.3, -0.25) is 14.9 Å². The van der Waals surface area contributed by atoms with Crippen molar-refractivity contribution in [2.75, 3.05) is 5.32 Å². The minimum atomic E-state index is -0.225. The molecule has 3 heterocycles. The summed E-state index contributed by atoms with van der Waals surface area (Å²) in [5, 5.41) is 10.9. The molecule has 0 aliphatic carbocycles. The lowest BCUT2D eigenvalue weighted by atomic mass is 10.1. The summed E-state index contributed by atoms with van der Waals surface area (Å²) < 4.78 is 0. The van der Waals surface area contributed by atoms with Gasteiger partial charge in [0.2, 0.25) is 0 Å². The summed E-state index contributed by atoms with van der Waals surface area (Å²) in [5.74, 6) is 0.243. The van der Waals surface area contributed by atoms with E-state index in [2.05, 4.69) is 39.3 Å². The van der Waals surface area contributed by atoms with Gasteiger partial charge in [0.15, 0.2) is 5.82 Å². The molecule has 0 radical (unpaired) electrons. The van der Waals surface area contributed by atoms with E-state index in [9.17, 15) is 4.79 Å². The van der Waals surface area contributed by atoms with Crippen molar-refractivity contribution in [3.05, 3.63) is 65.6 Å². The fourth-order valence-corrected chi connectivity index (χ4v) is 2.82. The van der Waals surface area contributed by atoms with Gasteiger partial charge in [-0.1, -0.05) is 6.07 Å². The van der Waals surface area contributed by atoms with Crippen LogP contribution in [0.1, 0.15) is 21.6 Å². The van der Waals surface area contributed by atoms with Crippen LogP contribution in [0.3, 0.4) is 0 Å². The second-order valence-electron chi connectivity index (χ2n) is 6.01. The lowest BCUT2D eigenvalue weighted by Gasteiger charge is -1.99. The molecule has 4 aromatic rings. The van der Waals surface area contributed by atoms with Crippen molar-refractivity contribution in [1.82, 2.24) is 20.2 Å². The molecular weight excluding hydrogens is 314 g/mol. The number of rotatable bonds is 3. The normalized spacial score (nSPS) is 11.0. The molecule has 0 aliphatic heterocycles. The number of carbonyl (C=O) groups is 1. The first-order valence-corrected chi connectivity index (χ1v) is 7.98. The highest BCUT2D eigenvalue weighted by atomic mass is 16.1. The van der Waals surface area contributed by atoms with Crippen LogP contribution >= 0.6 is 0 Å². The summed E-state index contributed by atoms with van der Waals surface area (Å²) in [6.45, 7) is 4.12. The summed E-state index contributed by atoms with van der Waals surface area (Å²) in [7, 11) is 0. The van der Waals surface area contributed by atoms with Gasteiger partial charge in [0.1, 0.15) is 5.69 Å². The molecule has 0 bridgehead atoms. The average molecular weight is 331 g/mol. The number of pyridine rings is 1. The minimum absolute atomic E-state index is 0.225. The number of aromatic nitrogens is 4. The first-order valence-electron chi connectivity index (χ1n) is 7.98. The predicted octanol–water partition coefficient (Wildman–Crippen LogP) is 3.82. The number of nitrogens with one attached hydrogen (secondary N) is 3. The Labute approximate surface area is 144 Å². The Bertz CT molecular complexity index is 1060. The van der Waals surface area contributed by atoms with Crippen LogP contribution in [0.2, 0.25) is 0 Å². The van der Waals surface area contributed by atoms with E-state index in [1.165, 1.54) is 11.1 Å². The number of benzene rings is 1. The molecule has 3 aromatic heterocycles. The third kappa shape index (κ3) is 2.78. The van der Waals surface area contributed by atoms with E-state index in [0.717, 1.165) is 22.2 Å². The Morgan fingerprint density at radius 2 is 2.04 bits per heavy atom. The van der Waals surface area contributed by atoms with Crippen molar-refractivity contribution in [2.24, 2.45) is 0 Å². The molecule has 124 valence electrons. The zero-order valence-corrected chi connectivity index (χ0v) is 13.9. The van der Waals surface area contributed by atoms with Crippen LogP contribution in [0, 0.1) is 13.8 Å². The molecule has 6 nitrogen and oxygen atoms in total. The Hall–Kier alpha value is -3.41. The van der Waals surface area contributed by atoms with Crippen LogP contribution < -0.4 is 5.32 Å². The van der Waals surface area contributed by atoms with Crippen LogP contribution in [0.5, 0.6) is 0 Å². The quantitative estimate of drug-likeness (QED) is 0.533. The molecule has 3 N–H and O–H groups in total. The molecule has 0 saturated carbocycles. The molecule has 4 rings (SSSR count). The summed E-state index contributed by atoms with van der Waals surface area (Å²) in [4.78, 5) is 19.8. The van der Waals surface area contributed by atoms with E-state index >= 15 is 0 Å². The Balaban J connectivity index is 1.58. The second-order valence-corrected chi connectivity index (χ2v) is 6.01. The molecule has 1 aromatic carbocycles.